The predicted octanol–water partition coefficient (Wildman–Crippen LogP) is 3.37. The molecule has 0 radical (unpaired) electrons. The standard InChI is InChI=1S/C15H22N2/c1-14(2,3)13-6-5-12(9-16-13)17-10-15(11-17)7-4-8-15/h5-6,9H,4,7-8,10-11H2,1-3H3. The van der Waals surface area contributed by atoms with Crippen molar-refractivity contribution >= 4 is 5.69 Å². The van der Waals surface area contributed by atoms with Crippen LogP contribution in [0.5, 0.6) is 0 Å². The molecule has 1 aliphatic carbocycles. The summed E-state index contributed by atoms with van der Waals surface area (Å²) in [6.45, 7) is 9.14. The van der Waals surface area contributed by atoms with Gasteiger partial charge in [-0.05, 0) is 25.0 Å². The Bertz CT molecular complexity index is 402. The Morgan fingerprint density at radius 2 is 1.88 bits per heavy atom. The minimum absolute atomic E-state index is 0.155. The lowest BCUT2D eigenvalue weighted by Gasteiger charge is -2.56. The molecule has 0 aromatic carbocycles. The van der Waals surface area contributed by atoms with Crippen LogP contribution in [0.4, 0.5) is 5.69 Å². The molecule has 3 rings (SSSR count). The molecule has 1 aromatic heterocycles. The SMILES string of the molecule is CC(C)(C)c1ccc(N2CC3(CCC3)C2)cn1. The van der Waals surface area contributed by atoms with Crippen molar-refractivity contribution in [2.75, 3.05) is 18.0 Å². The molecule has 1 saturated heterocycles. The summed E-state index contributed by atoms with van der Waals surface area (Å²) in [6, 6.07) is 4.42. The zero-order valence-corrected chi connectivity index (χ0v) is 11.2. The molecule has 0 atom stereocenters. The highest BCUT2D eigenvalue weighted by molar-refractivity contribution is 5.49. The zero-order chi connectivity index (χ0) is 12.1. The van der Waals surface area contributed by atoms with Crippen molar-refractivity contribution in [2.24, 2.45) is 5.41 Å². The van der Waals surface area contributed by atoms with E-state index < -0.39 is 0 Å². The molecule has 2 aliphatic rings. The average Bonchev–Trinajstić information content (AvgIpc) is 2.12. The third kappa shape index (κ3) is 1.84. The zero-order valence-electron chi connectivity index (χ0n) is 11.2. The van der Waals surface area contributed by atoms with Crippen LogP contribution in [0, 0.1) is 5.41 Å². The van der Waals surface area contributed by atoms with Gasteiger partial charge in [0.15, 0.2) is 0 Å². The van der Waals surface area contributed by atoms with E-state index in [1.807, 2.05) is 6.20 Å². The fraction of sp³-hybridized carbons (Fsp3) is 0.667. The smallest absolute Gasteiger partial charge is 0.0553 e. The quantitative estimate of drug-likeness (QED) is 0.735. The van der Waals surface area contributed by atoms with E-state index >= 15 is 0 Å². The van der Waals surface area contributed by atoms with Gasteiger partial charge in [-0.25, -0.2) is 0 Å². The first kappa shape index (κ1) is 11.1. The Morgan fingerprint density at radius 1 is 1.18 bits per heavy atom. The van der Waals surface area contributed by atoms with Gasteiger partial charge in [-0.3, -0.25) is 4.98 Å². The topological polar surface area (TPSA) is 16.1 Å². The van der Waals surface area contributed by atoms with Crippen LogP contribution >= 0.6 is 0 Å². The van der Waals surface area contributed by atoms with Gasteiger partial charge in [0.25, 0.3) is 0 Å². The van der Waals surface area contributed by atoms with Gasteiger partial charge in [0.05, 0.1) is 11.9 Å². The van der Waals surface area contributed by atoms with E-state index in [-0.39, 0.29) is 5.41 Å². The van der Waals surface area contributed by atoms with E-state index in [0.29, 0.717) is 5.41 Å². The summed E-state index contributed by atoms with van der Waals surface area (Å²) < 4.78 is 0. The molecule has 0 bridgehead atoms. The van der Waals surface area contributed by atoms with Gasteiger partial charge in [0, 0.05) is 29.6 Å². The van der Waals surface area contributed by atoms with E-state index in [4.69, 9.17) is 0 Å². The second-order valence-corrected chi connectivity index (χ2v) is 6.86. The minimum atomic E-state index is 0.155. The number of rotatable bonds is 1. The van der Waals surface area contributed by atoms with Crippen LogP contribution < -0.4 is 4.90 Å². The second kappa shape index (κ2) is 3.47. The highest BCUT2D eigenvalue weighted by Crippen LogP contribution is 2.49. The van der Waals surface area contributed by atoms with E-state index in [0.717, 1.165) is 0 Å². The van der Waals surface area contributed by atoms with Crippen molar-refractivity contribution < 1.29 is 0 Å². The van der Waals surface area contributed by atoms with E-state index in [2.05, 4.69) is 42.8 Å². The van der Waals surface area contributed by atoms with Crippen molar-refractivity contribution in [3.8, 4) is 0 Å². The lowest BCUT2D eigenvalue weighted by atomic mass is 9.63. The number of anilines is 1. The lowest BCUT2D eigenvalue weighted by molar-refractivity contribution is 0.0903. The van der Waals surface area contributed by atoms with Crippen LogP contribution in [0.2, 0.25) is 0 Å². The number of aromatic nitrogens is 1. The Morgan fingerprint density at radius 3 is 2.29 bits per heavy atom. The summed E-state index contributed by atoms with van der Waals surface area (Å²) in [5.74, 6) is 0. The van der Waals surface area contributed by atoms with Crippen LogP contribution in [0.15, 0.2) is 18.3 Å². The molecular weight excluding hydrogens is 208 g/mol. The van der Waals surface area contributed by atoms with E-state index in [1.165, 1.54) is 43.7 Å². The monoisotopic (exact) mass is 230 g/mol. The highest BCUT2D eigenvalue weighted by atomic mass is 15.2. The summed E-state index contributed by atoms with van der Waals surface area (Å²) in [4.78, 5) is 7.07. The number of pyridine rings is 1. The molecule has 0 unspecified atom stereocenters. The lowest BCUT2D eigenvalue weighted by Crippen LogP contribution is -2.59. The number of nitrogens with zero attached hydrogens (tertiary/aromatic N) is 2. The first-order valence-corrected chi connectivity index (χ1v) is 6.70. The fourth-order valence-electron chi connectivity index (χ4n) is 2.96. The molecule has 1 saturated carbocycles. The first-order chi connectivity index (χ1) is 7.99. The van der Waals surface area contributed by atoms with Gasteiger partial charge in [-0.1, -0.05) is 27.2 Å². The Hall–Kier alpha value is -1.05. The molecule has 1 spiro atoms. The van der Waals surface area contributed by atoms with Gasteiger partial charge in [-0.2, -0.15) is 0 Å². The Kier molecular flexibility index (Phi) is 2.26. The fourth-order valence-corrected chi connectivity index (χ4v) is 2.96. The minimum Gasteiger partial charge on any atom is -0.369 e. The predicted molar refractivity (Wildman–Crippen MR) is 71.4 cm³/mol. The van der Waals surface area contributed by atoms with Gasteiger partial charge in [-0.15, -0.1) is 0 Å². The maximum Gasteiger partial charge on any atom is 0.0553 e. The molecule has 0 amide bonds. The van der Waals surface area contributed by atoms with Crippen LogP contribution in [0.1, 0.15) is 45.7 Å². The maximum atomic E-state index is 4.60. The van der Waals surface area contributed by atoms with E-state index in [1.54, 1.807) is 0 Å². The normalized spacial score (nSPS) is 22.2. The average molecular weight is 230 g/mol. The second-order valence-electron chi connectivity index (χ2n) is 6.86. The van der Waals surface area contributed by atoms with Gasteiger partial charge in [0.2, 0.25) is 0 Å². The van der Waals surface area contributed by atoms with Crippen molar-refractivity contribution in [3.63, 3.8) is 0 Å². The van der Waals surface area contributed by atoms with Crippen molar-refractivity contribution in [1.29, 1.82) is 0 Å². The Labute approximate surface area is 104 Å². The van der Waals surface area contributed by atoms with Crippen LogP contribution in [-0.2, 0) is 5.41 Å². The molecule has 1 aromatic rings. The summed E-state index contributed by atoms with van der Waals surface area (Å²) in [7, 11) is 0. The van der Waals surface area contributed by atoms with E-state index in [9.17, 15) is 0 Å². The number of hydrogen-bond acceptors (Lipinski definition) is 2. The third-order valence-electron chi connectivity index (χ3n) is 4.35. The molecule has 17 heavy (non-hydrogen) atoms. The van der Waals surface area contributed by atoms with Crippen molar-refractivity contribution in [3.05, 3.63) is 24.0 Å². The summed E-state index contributed by atoms with van der Waals surface area (Å²) in [6.07, 6.45) is 6.37. The molecule has 2 fully saturated rings. The van der Waals surface area contributed by atoms with Crippen LogP contribution in [0.3, 0.4) is 0 Å². The molecule has 2 nitrogen and oxygen atoms in total. The molecule has 2 heterocycles. The summed E-state index contributed by atoms with van der Waals surface area (Å²) >= 11 is 0. The first-order valence-electron chi connectivity index (χ1n) is 6.70. The summed E-state index contributed by atoms with van der Waals surface area (Å²) in [5, 5.41) is 0. The van der Waals surface area contributed by atoms with Crippen LogP contribution in [-0.4, -0.2) is 18.1 Å². The summed E-state index contributed by atoms with van der Waals surface area (Å²) in [5.41, 5.74) is 3.33. The van der Waals surface area contributed by atoms with Gasteiger partial charge < -0.3 is 4.90 Å². The Balaban J connectivity index is 1.69. The van der Waals surface area contributed by atoms with Gasteiger partial charge >= 0.3 is 0 Å². The molecule has 92 valence electrons. The number of hydrogen-bond donors (Lipinski definition) is 0. The van der Waals surface area contributed by atoms with Crippen molar-refractivity contribution in [2.45, 2.75) is 45.4 Å². The molecular formula is C15H22N2. The molecule has 1 aliphatic heterocycles. The maximum absolute atomic E-state index is 4.60. The largest absolute Gasteiger partial charge is 0.369 e. The third-order valence-corrected chi connectivity index (χ3v) is 4.35. The highest BCUT2D eigenvalue weighted by Gasteiger charge is 2.47. The molecule has 0 N–H and O–H groups in total. The molecule has 2 heteroatoms. The van der Waals surface area contributed by atoms with Crippen LogP contribution in [0.25, 0.3) is 0 Å². The van der Waals surface area contributed by atoms with Gasteiger partial charge in [0.1, 0.15) is 0 Å². The van der Waals surface area contributed by atoms with Crippen molar-refractivity contribution in [1.82, 2.24) is 4.98 Å².